The molecular formula is C15H14ClF3N4OS. The molecule has 0 aliphatic rings. The molecule has 0 saturated heterocycles. The first-order chi connectivity index (χ1) is 11.7. The molecule has 1 amide bonds. The van der Waals surface area contributed by atoms with Crippen molar-refractivity contribution < 1.29 is 18.0 Å². The van der Waals surface area contributed by atoms with Crippen LogP contribution in [-0.2, 0) is 17.5 Å². The van der Waals surface area contributed by atoms with E-state index in [1.807, 2.05) is 0 Å². The number of alkyl halides is 3. The maximum Gasteiger partial charge on any atom is 0.416 e. The van der Waals surface area contributed by atoms with Gasteiger partial charge in [0, 0.05) is 6.54 Å². The predicted octanol–water partition coefficient (Wildman–Crippen LogP) is 4.18. The number of carbonyl (C=O) groups excluding carboxylic acids is 1. The fourth-order valence-electron chi connectivity index (χ4n) is 1.92. The standard InChI is InChI=1S/C15H14ClF3N4OS/c1-3-6-23-9(2)21-22-14(23)25-8-13(24)20-12-7-10(15(17,18)19)4-5-11(12)16/h3-5,7H,1,6,8H2,2H3,(H,20,24). The quantitative estimate of drug-likeness (QED) is 0.594. The van der Waals surface area contributed by atoms with Gasteiger partial charge in [0.05, 0.1) is 22.0 Å². The lowest BCUT2D eigenvalue weighted by Crippen LogP contribution is -2.16. The summed E-state index contributed by atoms with van der Waals surface area (Å²) in [6.07, 6.45) is -2.85. The van der Waals surface area contributed by atoms with Gasteiger partial charge < -0.3 is 9.88 Å². The summed E-state index contributed by atoms with van der Waals surface area (Å²) in [7, 11) is 0. The van der Waals surface area contributed by atoms with Gasteiger partial charge in [-0.05, 0) is 25.1 Å². The second-order valence-electron chi connectivity index (χ2n) is 4.96. The number of allylic oxidation sites excluding steroid dienone is 1. The minimum Gasteiger partial charge on any atom is -0.324 e. The van der Waals surface area contributed by atoms with E-state index in [9.17, 15) is 18.0 Å². The van der Waals surface area contributed by atoms with Gasteiger partial charge in [-0.25, -0.2) is 0 Å². The van der Waals surface area contributed by atoms with Crippen LogP contribution < -0.4 is 5.32 Å². The number of hydrogen-bond donors (Lipinski definition) is 1. The first kappa shape index (κ1) is 19.3. The molecule has 5 nitrogen and oxygen atoms in total. The summed E-state index contributed by atoms with van der Waals surface area (Å²) < 4.78 is 40.0. The van der Waals surface area contributed by atoms with Crippen molar-refractivity contribution in [2.45, 2.75) is 24.8 Å². The zero-order valence-corrected chi connectivity index (χ0v) is 14.7. The number of amides is 1. The van der Waals surface area contributed by atoms with Crippen LogP contribution in [0, 0.1) is 6.92 Å². The molecule has 0 spiro atoms. The Labute approximate surface area is 151 Å². The number of anilines is 1. The van der Waals surface area contributed by atoms with Gasteiger partial charge in [0.15, 0.2) is 5.16 Å². The highest BCUT2D eigenvalue weighted by atomic mass is 35.5. The van der Waals surface area contributed by atoms with Crippen molar-refractivity contribution in [3.63, 3.8) is 0 Å². The minimum atomic E-state index is -4.52. The van der Waals surface area contributed by atoms with Gasteiger partial charge in [0.25, 0.3) is 0 Å². The van der Waals surface area contributed by atoms with Crippen LogP contribution >= 0.6 is 23.4 Å². The van der Waals surface area contributed by atoms with Gasteiger partial charge in [-0.2, -0.15) is 13.2 Å². The molecule has 0 bridgehead atoms. The molecule has 0 fully saturated rings. The van der Waals surface area contributed by atoms with E-state index < -0.39 is 17.6 Å². The molecule has 2 rings (SSSR count). The van der Waals surface area contributed by atoms with E-state index in [0.29, 0.717) is 17.5 Å². The zero-order chi connectivity index (χ0) is 18.6. The fourth-order valence-corrected chi connectivity index (χ4v) is 2.88. The lowest BCUT2D eigenvalue weighted by molar-refractivity contribution is -0.137. The predicted molar refractivity (Wildman–Crippen MR) is 90.8 cm³/mol. The third-order valence-electron chi connectivity index (χ3n) is 3.11. The van der Waals surface area contributed by atoms with Crippen LogP contribution in [0.4, 0.5) is 18.9 Å². The van der Waals surface area contributed by atoms with Crippen molar-refractivity contribution in [3.05, 3.63) is 47.3 Å². The highest BCUT2D eigenvalue weighted by molar-refractivity contribution is 7.99. The number of benzene rings is 1. The maximum atomic E-state index is 12.7. The van der Waals surface area contributed by atoms with Crippen LogP contribution in [0.1, 0.15) is 11.4 Å². The van der Waals surface area contributed by atoms with Crippen LogP contribution in [0.15, 0.2) is 36.0 Å². The number of aromatic nitrogens is 3. The van der Waals surface area contributed by atoms with Crippen molar-refractivity contribution in [2.75, 3.05) is 11.1 Å². The number of nitrogens with one attached hydrogen (secondary N) is 1. The molecule has 0 saturated carbocycles. The Bertz CT molecular complexity index is 792. The Hall–Kier alpha value is -2.00. The molecule has 25 heavy (non-hydrogen) atoms. The monoisotopic (exact) mass is 390 g/mol. The molecule has 0 aliphatic carbocycles. The van der Waals surface area contributed by atoms with Crippen molar-refractivity contribution in [3.8, 4) is 0 Å². The third kappa shape index (κ3) is 4.99. The van der Waals surface area contributed by atoms with Gasteiger partial charge in [-0.15, -0.1) is 16.8 Å². The van der Waals surface area contributed by atoms with E-state index in [0.717, 1.165) is 30.0 Å². The van der Waals surface area contributed by atoms with Crippen molar-refractivity contribution in [1.82, 2.24) is 14.8 Å². The van der Waals surface area contributed by atoms with Gasteiger partial charge in [0.1, 0.15) is 5.82 Å². The Morgan fingerprint density at radius 3 is 2.80 bits per heavy atom. The van der Waals surface area contributed by atoms with Crippen LogP contribution in [0.5, 0.6) is 0 Å². The Kier molecular flexibility index (Phi) is 6.12. The normalized spacial score (nSPS) is 11.4. The number of halogens is 4. The molecule has 0 unspecified atom stereocenters. The molecular weight excluding hydrogens is 377 g/mol. The SMILES string of the molecule is C=CCn1c(C)nnc1SCC(=O)Nc1cc(C(F)(F)F)ccc1Cl. The number of thioether (sulfide) groups is 1. The van der Waals surface area contributed by atoms with E-state index in [-0.39, 0.29) is 16.5 Å². The number of nitrogens with zero attached hydrogens (tertiary/aromatic N) is 3. The molecule has 1 aromatic heterocycles. The smallest absolute Gasteiger partial charge is 0.324 e. The Balaban J connectivity index is 2.05. The molecule has 10 heteroatoms. The van der Waals surface area contributed by atoms with E-state index in [4.69, 9.17) is 11.6 Å². The molecule has 1 N–H and O–H groups in total. The summed E-state index contributed by atoms with van der Waals surface area (Å²) in [5.74, 6) is 0.114. The Morgan fingerprint density at radius 1 is 1.44 bits per heavy atom. The number of hydrogen-bond acceptors (Lipinski definition) is 4. The minimum absolute atomic E-state index is 0.0250. The fraction of sp³-hybridized carbons (Fsp3) is 0.267. The van der Waals surface area contributed by atoms with Crippen LogP contribution in [0.2, 0.25) is 5.02 Å². The van der Waals surface area contributed by atoms with Crippen LogP contribution in [0.25, 0.3) is 0 Å². The van der Waals surface area contributed by atoms with Crippen molar-refractivity contribution in [2.24, 2.45) is 0 Å². The van der Waals surface area contributed by atoms with Crippen molar-refractivity contribution >= 4 is 35.0 Å². The summed E-state index contributed by atoms with van der Waals surface area (Å²) >= 11 is 6.97. The molecule has 134 valence electrons. The zero-order valence-electron chi connectivity index (χ0n) is 13.1. The van der Waals surface area contributed by atoms with Crippen molar-refractivity contribution in [1.29, 1.82) is 0 Å². The number of carbonyl (C=O) groups is 1. The van der Waals surface area contributed by atoms with E-state index >= 15 is 0 Å². The molecule has 0 aliphatic heterocycles. The largest absolute Gasteiger partial charge is 0.416 e. The highest BCUT2D eigenvalue weighted by Crippen LogP contribution is 2.33. The number of aryl methyl sites for hydroxylation is 1. The molecule has 2 aromatic rings. The highest BCUT2D eigenvalue weighted by Gasteiger charge is 2.31. The average molecular weight is 391 g/mol. The molecule has 0 atom stereocenters. The lowest BCUT2D eigenvalue weighted by Gasteiger charge is -2.11. The summed E-state index contributed by atoms with van der Waals surface area (Å²) in [4.78, 5) is 12.0. The average Bonchev–Trinajstić information content (AvgIpc) is 2.87. The summed E-state index contributed by atoms with van der Waals surface area (Å²) in [6, 6.07) is 2.75. The summed E-state index contributed by atoms with van der Waals surface area (Å²) in [6.45, 7) is 5.89. The summed E-state index contributed by atoms with van der Waals surface area (Å²) in [5, 5.41) is 10.8. The third-order valence-corrected chi connectivity index (χ3v) is 4.41. The first-order valence-electron chi connectivity index (χ1n) is 7.02. The second kappa shape index (κ2) is 7.92. The van der Waals surface area contributed by atoms with E-state index in [1.165, 1.54) is 0 Å². The molecule has 0 radical (unpaired) electrons. The second-order valence-corrected chi connectivity index (χ2v) is 6.31. The lowest BCUT2D eigenvalue weighted by atomic mass is 10.2. The van der Waals surface area contributed by atoms with Gasteiger partial charge >= 0.3 is 6.18 Å². The van der Waals surface area contributed by atoms with Gasteiger partial charge in [-0.1, -0.05) is 29.4 Å². The topological polar surface area (TPSA) is 59.8 Å². The maximum absolute atomic E-state index is 12.7. The van der Waals surface area contributed by atoms with E-state index in [2.05, 4.69) is 22.1 Å². The molecule has 1 aromatic carbocycles. The Morgan fingerprint density at radius 2 is 2.16 bits per heavy atom. The van der Waals surface area contributed by atoms with E-state index in [1.54, 1.807) is 17.6 Å². The van der Waals surface area contributed by atoms with Gasteiger partial charge in [-0.3, -0.25) is 4.79 Å². The number of rotatable bonds is 6. The summed E-state index contributed by atoms with van der Waals surface area (Å²) in [5.41, 5.74) is -0.980. The van der Waals surface area contributed by atoms with Crippen LogP contribution in [-0.4, -0.2) is 26.4 Å². The van der Waals surface area contributed by atoms with Gasteiger partial charge in [0.2, 0.25) is 5.91 Å². The van der Waals surface area contributed by atoms with Crippen LogP contribution in [0.3, 0.4) is 0 Å². The molecule has 1 heterocycles. The first-order valence-corrected chi connectivity index (χ1v) is 8.39.